The zero-order valence-electron chi connectivity index (χ0n) is 26.2. The smallest absolute Gasteiger partial charge is 0.265 e. The third-order valence-corrected chi connectivity index (χ3v) is 8.97. The Hall–Kier alpha value is -4.45. The van der Waals surface area contributed by atoms with Gasteiger partial charge < -0.3 is 29.2 Å². The number of amides is 2. The van der Waals surface area contributed by atoms with E-state index in [0.717, 1.165) is 15.4 Å². The summed E-state index contributed by atoms with van der Waals surface area (Å²) in [6.45, 7) is 5.36. The van der Waals surface area contributed by atoms with Crippen molar-refractivity contribution in [3.63, 3.8) is 0 Å². The number of anilines is 1. The Labute approximate surface area is 259 Å². The zero-order valence-corrected chi connectivity index (χ0v) is 27.1. The number of carbonyl (C=O) groups excluding carboxylic acids is 2. The summed E-state index contributed by atoms with van der Waals surface area (Å²) >= 11 is 0. The Morgan fingerprint density at radius 2 is 1.50 bits per heavy atom. The number of benzene rings is 3. The Balaban J connectivity index is 2.21. The van der Waals surface area contributed by atoms with Crippen molar-refractivity contribution in [2.45, 2.75) is 44.7 Å². The first kappa shape index (κ1) is 34.0. The van der Waals surface area contributed by atoms with Crippen LogP contribution in [0.2, 0.25) is 0 Å². The quantitative estimate of drug-likeness (QED) is 0.266. The molecule has 1 N–H and O–H groups in total. The Kier molecular flexibility index (Phi) is 11.9. The lowest BCUT2D eigenvalue weighted by atomic mass is 10.1. The van der Waals surface area contributed by atoms with E-state index in [1.54, 1.807) is 26.0 Å². The summed E-state index contributed by atoms with van der Waals surface area (Å²) in [5.41, 5.74) is 1.84. The van der Waals surface area contributed by atoms with E-state index in [1.165, 1.54) is 57.6 Å². The predicted molar refractivity (Wildman–Crippen MR) is 168 cm³/mol. The van der Waals surface area contributed by atoms with Crippen LogP contribution in [0.5, 0.6) is 23.0 Å². The highest BCUT2D eigenvalue weighted by atomic mass is 32.2. The van der Waals surface area contributed by atoms with E-state index in [9.17, 15) is 18.0 Å². The first-order valence-electron chi connectivity index (χ1n) is 14.1. The number of methoxy groups -OCH3 is 4. The third-order valence-electron chi connectivity index (χ3n) is 7.22. The minimum Gasteiger partial charge on any atom is -0.497 e. The molecule has 238 valence electrons. The number of hydrogen-bond donors (Lipinski definition) is 1. The van der Waals surface area contributed by atoms with Crippen molar-refractivity contribution in [1.82, 2.24) is 10.2 Å². The van der Waals surface area contributed by atoms with Crippen LogP contribution in [0, 0.1) is 6.92 Å². The Morgan fingerprint density at radius 3 is 2.09 bits per heavy atom. The number of rotatable bonds is 15. The molecular formula is C32H41N3O8S. The summed E-state index contributed by atoms with van der Waals surface area (Å²) in [6, 6.07) is 15.5. The monoisotopic (exact) mass is 627 g/mol. The molecule has 12 heteroatoms. The fraction of sp³-hybridized carbons (Fsp3) is 0.375. The second kappa shape index (κ2) is 15.3. The highest BCUT2D eigenvalue weighted by Gasteiger charge is 2.35. The summed E-state index contributed by atoms with van der Waals surface area (Å²) < 4.78 is 51.3. The number of likely N-dealkylation sites (N-methyl/N-ethyl adjacent to an activating group) is 1. The van der Waals surface area contributed by atoms with Crippen molar-refractivity contribution in [3.05, 3.63) is 71.8 Å². The molecule has 3 aromatic carbocycles. The number of ether oxygens (including phenoxy) is 4. The molecule has 2 amide bonds. The zero-order chi connectivity index (χ0) is 32.4. The molecule has 0 saturated heterocycles. The molecule has 3 rings (SSSR count). The lowest BCUT2D eigenvalue weighted by Crippen LogP contribution is -2.52. The summed E-state index contributed by atoms with van der Waals surface area (Å²) in [4.78, 5) is 28.8. The molecular weight excluding hydrogens is 586 g/mol. The normalized spacial score (nSPS) is 11.7. The molecule has 44 heavy (non-hydrogen) atoms. The van der Waals surface area contributed by atoms with E-state index in [2.05, 4.69) is 5.32 Å². The number of sulfonamides is 1. The standard InChI is InChI=1S/C32H41N3O8S/c1-8-26(32(37)33-9-2)34(20-23-13-11-10-12-22(23)3)31(36)21-35(27-18-24(40-4)14-16-28(27)41-5)44(38,39)25-15-17-29(42-6)30(19-25)43-7/h10-19,26H,8-9,20-21H2,1-7H3,(H,33,37). The molecule has 0 radical (unpaired) electrons. The molecule has 0 saturated carbocycles. The lowest BCUT2D eigenvalue weighted by Gasteiger charge is -2.33. The number of aryl methyl sites for hydroxylation is 1. The molecule has 0 aromatic heterocycles. The second-order valence-corrected chi connectivity index (χ2v) is 11.7. The summed E-state index contributed by atoms with van der Waals surface area (Å²) in [5.74, 6) is 0.173. The van der Waals surface area contributed by atoms with Crippen LogP contribution < -0.4 is 28.6 Å². The third kappa shape index (κ3) is 7.54. The summed E-state index contributed by atoms with van der Waals surface area (Å²) in [7, 11) is 1.27. The van der Waals surface area contributed by atoms with Gasteiger partial charge >= 0.3 is 0 Å². The Morgan fingerprint density at radius 1 is 0.841 bits per heavy atom. The van der Waals surface area contributed by atoms with Gasteiger partial charge in [-0.2, -0.15) is 0 Å². The first-order valence-corrected chi connectivity index (χ1v) is 15.6. The maximum absolute atomic E-state index is 14.4. The summed E-state index contributed by atoms with van der Waals surface area (Å²) in [5, 5.41) is 2.80. The van der Waals surface area contributed by atoms with Crippen molar-refractivity contribution in [3.8, 4) is 23.0 Å². The summed E-state index contributed by atoms with van der Waals surface area (Å²) in [6.07, 6.45) is 0.314. The number of carbonyl (C=O) groups is 2. The van der Waals surface area contributed by atoms with Crippen molar-refractivity contribution < 1.29 is 37.0 Å². The second-order valence-electron chi connectivity index (χ2n) is 9.83. The fourth-order valence-electron chi connectivity index (χ4n) is 4.79. The van der Waals surface area contributed by atoms with Crippen LogP contribution in [0.15, 0.2) is 65.6 Å². The molecule has 1 atom stereocenters. The molecule has 0 bridgehead atoms. The largest absolute Gasteiger partial charge is 0.497 e. The van der Waals surface area contributed by atoms with Gasteiger partial charge in [-0.25, -0.2) is 8.42 Å². The molecule has 0 aliphatic heterocycles. The van der Waals surface area contributed by atoms with Crippen LogP contribution in [-0.4, -0.2) is 72.7 Å². The van der Waals surface area contributed by atoms with Crippen molar-refractivity contribution >= 4 is 27.5 Å². The van der Waals surface area contributed by atoms with Gasteiger partial charge in [-0.15, -0.1) is 0 Å². The average Bonchev–Trinajstić information content (AvgIpc) is 3.03. The van der Waals surface area contributed by atoms with Gasteiger partial charge in [-0.05, 0) is 55.7 Å². The van der Waals surface area contributed by atoms with Crippen LogP contribution >= 0.6 is 0 Å². The van der Waals surface area contributed by atoms with E-state index in [-0.39, 0.29) is 34.5 Å². The topological polar surface area (TPSA) is 124 Å². The van der Waals surface area contributed by atoms with Gasteiger partial charge in [0.15, 0.2) is 11.5 Å². The van der Waals surface area contributed by atoms with Gasteiger partial charge in [0.2, 0.25) is 11.8 Å². The number of nitrogens with one attached hydrogen (secondary N) is 1. The van der Waals surface area contributed by atoms with Crippen LogP contribution in [0.25, 0.3) is 0 Å². The minimum atomic E-state index is -4.43. The van der Waals surface area contributed by atoms with Gasteiger partial charge in [-0.1, -0.05) is 31.2 Å². The Bertz CT molecular complexity index is 1560. The first-order chi connectivity index (χ1) is 21.1. The number of nitrogens with zero attached hydrogens (tertiary/aromatic N) is 2. The fourth-order valence-corrected chi connectivity index (χ4v) is 6.22. The molecule has 0 fully saturated rings. The molecule has 0 aliphatic rings. The SMILES string of the molecule is CCNC(=O)C(CC)N(Cc1ccccc1C)C(=O)CN(c1cc(OC)ccc1OC)S(=O)(=O)c1ccc(OC)c(OC)c1. The van der Waals surface area contributed by atoms with E-state index in [4.69, 9.17) is 18.9 Å². The maximum Gasteiger partial charge on any atom is 0.265 e. The highest BCUT2D eigenvalue weighted by molar-refractivity contribution is 7.92. The predicted octanol–water partition coefficient (Wildman–Crippen LogP) is 4.17. The van der Waals surface area contributed by atoms with Crippen molar-refractivity contribution in [1.29, 1.82) is 0 Å². The van der Waals surface area contributed by atoms with Gasteiger partial charge in [0.25, 0.3) is 10.0 Å². The van der Waals surface area contributed by atoms with E-state index >= 15 is 0 Å². The van der Waals surface area contributed by atoms with E-state index < -0.39 is 28.5 Å². The van der Waals surface area contributed by atoms with Crippen LogP contribution in [-0.2, 0) is 26.2 Å². The van der Waals surface area contributed by atoms with Crippen LogP contribution in [0.1, 0.15) is 31.4 Å². The highest BCUT2D eigenvalue weighted by Crippen LogP contribution is 2.38. The van der Waals surface area contributed by atoms with Crippen molar-refractivity contribution in [2.75, 3.05) is 45.8 Å². The molecule has 3 aromatic rings. The molecule has 0 heterocycles. The maximum atomic E-state index is 14.4. The van der Waals surface area contributed by atoms with Gasteiger partial charge in [-0.3, -0.25) is 13.9 Å². The number of hydrogen-bond acceptors (Lipinski definition) is 8. The van der Waals surface area contributed by atoms with Gasteiger partial charge in [0, 0.05) is 25.2 Å². The van der Waals surface area contributed by atoms with Crippen LogP contribution in [0.4, 0.5) is 5.69 Å². The minimum absolute atomic E-state index is 0.0804. The van der Waals surface area contributed by atoms with Crippen LogP contribution in [0.3, 0.4) is 0 Å². The molecule has 0 spiro atoms. The molecule has 0 aliphatic carbocycles. The molecule has 1 unspecified atom stereocenters. The average molecular weight is 628 g/mol. The van der Waals surface area contributed by atoms with Crippen molar-refractivity contribution in [2.24, 2.45) is 0 Å². The van der Waals surface area contributed by atoms with Gasteiger partial charge in [0.05, 0.1) is 39.0 Å². The molecule has 11 nitrogen and oxygen atoms in total. The lowest BCUT2D eigenvalue weighted by molar-refractivity contribution is -0.140. The van der Waals surface area contributed by atoms with E-state index in [1.807, 2.05) is 31.2 Å². The van der Waals surface area contributed by atoms with Gasteiger partial charge in [0.1, 0.15) is 24.1 Å². The van der Waals surface area contributed by atoms with E-state index in [0.29, 0.717) is 24.5 Å².